The zero-order valence-corrected chi connectivity index (χ0v) is 23.4. The zero-order valence-electron chi connectivity index (χ0n) is 23.4. The summed E-state index contributed by atoms with van der Waals surface area (Å²) in [5.74, 6) is -0.0308. The smallest absolute Gasteiger partial charge is 0.381 e. The molecule has 4 heterocycles. The highest BCUT2D eigenvalue weighted by Gasteiger charge is 2.32. The van der Waals surface area contributed by atoms with Gasteiger partial charge in [-0.15, -0.1) is 0 Å². The van der Waals surface area contributed by atoms with Crippen molar-refractivity contribution in [1.29, 1.82) is 0 Å². The molecule has 2 aromatic rings. The zero-order chi connectivity index (χ0) is 28.8. The van der Waals surface area contributed by atoms with Gasteiger partial charge in [-0.05, 0) is 62.3 Å². The van der Waals surface area contributed by atoms with Crippen LogP contribution < -0.4 is 10.6 Å². The first-order chi connectivity index (χ1) is 19.8. The van der Waals surface area contributed by atoms with Crippen LogP contribution in [0.2, 0.25) is 0 Å². The molecule has 5 rings (SSSR count). The summed E-state index contributed by atoms with van der Waals surface area (Å²) in [7, 11) is 1.72. The van der Waals surface area contributed by atoms with Gasteiger partial charge in [0.05, 0.1) is 41.7 Å². The lowest BCUT2D eigenvalue weighted by molar-refractivity contribution is -0.137. The number of halogens is 3. The largest absolute Gasteiger partial charge is 0.416 e. The van der Waals surface area contributed by atoms with E-state index in [-0.39, 0.29) is 30.3 Å². The molecule has 1 amide bonds. The van der Waals surface area contributed by atoms with Crippen LogP contribution >= 0.6 is 0 Å². The molecule has 3 aliphatic heterocycles. The number of rotatable bonds is 8. The highest BCUT2D eigenvalue weighted by Crippen LogP contribution is 2.34. The van der Waals surface area contributed by atoms with Crippen molar-refractivity contribution in [3.63, 3.8) is 0 Å². The lowest BCUT2D eigenvalue weighted by atomic mass is 9.97. The second-order valence-electron chi connectivity index (χ2n) is 11.1. The predicted molar refractivity (Wildman–Crippen MR) is 148 cm³/mol. The molecule has 1 aromatic carbocycles. The fourth-order valence-electron chi connectivity index (χ4n) is 5.94. The predicted octanol–water partition coefficient (Wildman–Crippen LogP) is 4.82. The number of pyridine rings is 1. The number of likely N-dealkylation sites (tertiary alicyclic amines) is 1. The second kappa shape index (κ2) is 13.5. The molecule has 8 nitrogen and oxygen atoms in total. The standard InChI is InChI=1S/C30H39F3N4O4/c1-39-28-19-40-14-11-26(28)36-23-9-12-37(13-10-23)29(38)21-15-24(17-34-16-21)35-18-25-3-2-4-27(41-25)20-5-7-22(8-6-20)30(31,32)33/h5-8,15-17,23,25-28,35-36H,2-4,9-14,18-19H2,1H3. The number of carbonyl (C=O) groups is 1. The van der Waals surface area contributed by atoms with Crippen LogP contribution in [-0.2, 0) is 20.4 Å². The summed E-state index contributed by atoms with van der Waals surface area (Å²) >= 11 is 0. The summed E-state index contributed by atoms with van der Waals surface area (Å²) in [5, 5.41) is 7.05. The minimum Gasteiger partial charge on any atom is -0.381 e. The Morgan fingerprint density at radius 2 is 1.88 bits per heavy atom. The van der Waals surface area contributed by atoms with Gasteiger partial charge >= 0.3 is 6.18 Å². The van der Waals surface area contributed by atoms with Crippen molar-refractivity contribution >= 4 is 11.6 Å². The van der Waals surface area contributed by atoms with Gasteiger partial charge in [0, 0.05) is 57.8 Å². The Morgan fingerprint density at radius 1 is 1.10 bits per heavy atom. The molecule has 1 aromatic heterocycles. The molecular formula is C30H39F3N4O4. The fraction of sp³-hybridized carbons (Fsp3) is 0.600. The van der Waals surface area contributed by atoms with Crippen molar-refractivity contribution in [2.75, 3.05) is 45.3 Å². The Hall–Kier alpha value is -2.73. The average Bonchev–Trinajstić information content (AvgIpc) is 3.00. The molecule has 0 bridgehead atoms. The molecule has 3 fully saturated rings. The van der Waals surface area contributed by atoms with Gasteiger partial charge in [0.1, 0.15) is 0 Å². The fourth-order valence-corrected chi connectivity index (χ4v) is 5.94. The van der Waals surface area contributed by atoms with Crippen LogP contribution in [0, 0.1) is 0 Å². The molecule has 0 saturated carbocycles. The van der Waals surface area contributed by atoms with E-state index in [4.69, 9.17) is 14.2 Å². The average molecular weight is 577 g/mol. The van der Waals surface area contributed by atoms with E-state index < -0.39 is 11.7 Å². The maximum absolute atomic E-state index is 13.2. The summed E-state index contributed by atoms with van der Waals surface area (Å²) in [6.45, 7) is 3.21. The van der Waals surface area contributed by atoms with Crippen molar-refractivity contribution in [2.45, 2.75) is 75.1 Å². The highest BCUT2D eigenvalue weighted by molar-refractivity contribution is 5.94. The minimum absolute atomic E-state index is 0.0308. The van der Waals surface area contributed by atoms with Crippen molar-refractivity contribution < 1.29 is 32.2 Å². The molecule has 11 heteroatoms. The van der Waals surface area contributed by atoms with Gasteiger partial charge in [0.15, 0.2) is 0 Å². The third-order valence-corrected chi connectivity index (χ3v) is 8.32. The van der Waals surface area contributed by atoms with E-state index in [9.17, 15) is 18.0 Å². The lowest BCUT2D eigenvalue weighted by Crippen LogP contribution is -2.54. The summed E-state index contributed by atoms with van der Waals surface area (Å²) in [5.41, 5.74) is 1.37. The van der Waals surface area contributed by atoms with Gasteiger partial charge in [-0.3, -0.25) is 9.78 Å². The molecule has 41 heavy (non-hydrogen) atoms. The van der Waals surface area contributed by atoms with Crippen LogP contribution in [0.15, 0.2) is 42.7 Å². The number of ether oxygens (including phenoxy) is 3. The molecule has 224 valence electrons. The number of benzene rings is 1. The van der Waals surface area contributed by atoms with Gasteiger partial charge < -0.3 is 29.7 Å². The molecule has 0 radical (unpaired) electrons. The van der Waals surface area contributed by atoms with Crippen molar-refractivity contribution in [2.24, 2.45) is 0 Å². The summed E-state index contributed by atoms with van der Waals surface area (Å²) in [4.78, 5) is 19.4. The summed E-state index contributed by atoms with van der Waals surface area (Å²) < 4.78 is 56.0. The number of alkyl halides is 3. The molecular weight excluding hydrogens is 537 g/mol. The van der Waals surface area contributed by atoms with Crippen molar-refractivity contribution in [1.82, 2.24) is 15.2 Å². The first-order valence-electron chi connectivity index (χ1n) is 14.5. The highest BCUT2D eigenvalue weighted by atomic mass is 19.4. The number of piperidine rings is 1. The van der Waals surface area contributed by atoms with Crippen LogP contribution in [0.5, 0.6) is 0 Å². The number of nitrogens with zero attached hydrogens (tertiary/aromatic N) is 2. The van der Waals surface area contributed by atoms with E-state index in [2.05, 4.69) is 15.6 Å². The Balaban J connectivity index is 1.10. The quantitative estimate of drug-likeness (QED) is 0.466. The SMILES string of the molecule is COC1COCCC1NC1CCN(C(=O)c2cncc(NCC3CCCC(c4ccc(C(F)(F)F)cc4)O3)c2)CC1. The third-order valence-electron chi connectivity index (χ3n) is 8.32. The molecule has 2 N–H and O–H groups in total. The van der Waals surface area contributed by atoms with E-state index in [0.717, 1.165) is 68.5 Å². The van der Waals surface area contributed by atoms with Crippen LogP contribution in [0.1, 0.15) is 66.1 Å². The third kappa shape index (κ3) is 7.77. The number of nitrogens with one attached hydrogen (secondary N) is 2. The van der Waals surface area contributed by atoms with Crippen LogP contribution in [-0.4, -0.2) is 80.0 Å². The number of hydrogen-bond donors (Lipinski definition) is 2. The van der Waals surface area contributed by atoms with Crippen LogP contribution in [0.25, 0.3) is 0 Å². The van der Waals surface area contributed by atoms with Gasteiger partial charge in [-0.1, -0.05) is 12.1 Å². The molecule has 4 atom stereocenters. The monoisotopic (exact) mass is 576 g/mol. The van der Waals surface area contributed by atoms with E-state index in [0.29, 0.717) is 37.8 Å². The van der Waals surface area contributed by atoms with Gasteiger partial charge in [-0.25, -0.2) is 0 Å². The molecule has 3 aliphatic rings. The lowest BCUT2D eigenvalue weighted by Gasteiger charge is -2.38. The number of hydrogen-bond acceptors (Lipinski definition) is 7. The van der Waals surface area contributed by atoms with Crippen molar-refractivity contribution in [3.05, 3.63) is 59.4 Å². The normalized spacial score (nSPS) is 26.1. The van der Waals surface area contributed by atoms with E-state index >= 15 is 0 Å². The minimum atomic E-state index is -4.35. The summed E-state index contributed by atoms with van der Waals surface area (Å²) in [6, 6.07) is 7.65. The first kappa shape index (κ1) is 29.8. The number of aromatic nitrogens is 1. The van der Waals surface area contributed by atoms with E-state index in [1.807, 2.05) is 11.0 Å². The number of methoxy groups -OCH3 is 1. The molecule has 0 aliphatic carbocycles. The Morgan fingerprint density at radius 3 is 2.61 bits per heavy atom. The second-order valence-corrected chi connectivity index (χ2v) is 11.1. The van der Waals surface area contributed by atoms with Gasteiger partial charge in [0.2, 0.25) is 0 Å². The van der Waals surface area contributed by atoms with Gasteiger partial charge in [-0.2, -0.15) is 13.2 Å². The van der Waals surface area contributed by atoms with E-state index in [1.165, 1.54) is 12.1 Å². The maximum Gasteiger partial charge on any atom is 0.416 e. The Kier molecular flexibility index (Phi) is 9.79. The first-order valence-corrected chi connectivity index (χ1v) is 14.5. The van der Waals surface area contributed by atoms with Crippen LogP contribution in [0.4, 0.5) is 18.9 Å². The summed E-state index contributed by atoms with van der Waals surface area (Å²) in [6.07, 6.45) is 3.85. The molecule has 3 saturated heterocycles. The number of carbonyl (C=O) groups excluding carboxylic acids is 1. The number of anilines is 1. The number of amides is 1. The Bertz CT molecular complexity index is 1140. The molecule has 0 spiro atoms. The van der Waals surface area contributed by atoms with E-state index in [1.54, 1.807) is 19.5 Å². The van der Waals surface area contributed by atoms with Gasteiger partial charge in [0.25, 0.3) is 5.91 Å². The topological polar surface area (TPSA) is 85.0 Å². The van der Waals surface area contributed by atoms with Crippen molar-refractivity contribution in [3.8, 4) is 0 Å². The molecule has 4 unspecified atom stereocenters. The Labute approximate surface area is 238 Å². The maximum atomic E-state index is 13.2. The van der Waals surface area contributed by atoms with Crippen LogP contribution in [0.3, 0.4) is 0 Å².